The van der Waals surface area contributed by atoms with Crippen molar-refractivity contribution in [1.29, 1.82) is 0 Å². The first-order valence-corrected chi connectivity index (χ1v) is 38.1. The molecule has 98 heavy (non-hydrogen) atoms. The van der Waals surface area contributed by atoms with Crippen molar-refractivity contribution in [3.8, 4) is 0 Å². The summed E-state index contributed by atoms with van der Waals surface area (Å²) in [5, 5.41) is 121. The lowest BCUT2D eigenvalue weighted by atomic mass is 9.96. The van der Waals surface area contributed by atoms with Crippen molar-refractivity contribution in [1.82, 2.24) is 5.32 Å². The summed E-state index contributed by atoms with van der Waals surface area (Å²) in [7, 11) is 0. The zero-order chi connectivity index (χ0) is 71.1. The molecule has 0 bridgehead atoms. The molecule has 0 aromatic rings. The van der Waals surface area contributed by atoms with E-state index in [1.54, 1.807) is 6.08 Å². The van der Waals surface area contributed by atoms with E-state index in [9.17, 15) is 61.0 Å². The van der Waals surface area contributed by atoms with Gasteiger partial charge in [-0.15, -0.1) is 0 Å². The number of nitrogens with one attached hydrogen (secondary N) is 1. The SMILES string of the molecule is CC/C=C\C/C=C\C/C=C\C/C=C\C/C=C\C/C=C\CCCCCCCCCCC(=O)NC(COC1OC(CO)C(OC2OC(CO)C(OC3OC(CO)C(O)C(O)C3O)C(O)C2O)C(O)C1O)C(O)/C=C/CC/C=C/CC/C=C/CCCCCCCCCCCCCCCCCC. The van der Waals surface area contributed by atoms with E-state index in [0.717, 1.165) is 109 Å². The van der Waals surface area contributed by atoms with Crippen LogP contribution in [-0.2, 0) is 33.2 Å². The minimum absolute atomic E-state index is 0.215. The number of hydrogen-bond donors (Lipinski definition) is 12. The van der Waals surface area contributed by atoms with Gasteiger partial charge in [0.1, 0.15) is 73.2 Å². The summed E-state index contributed by atoms with van der Waals surface area (Å²) in [5.74, 6) is -0.301. The number of aliphatic hydroxyl groups excluding tert-OH is 11. The molecule has 3 saturated heterocycles. The van der Waals surface area contributed by atoms with Crippen LogP contribution in [0, 0.1) is 0 Å². The van der Waals surface area contributed by atoms with Crippen LogP contribution in [0.5, 0.6) is 0 Å². The summed E-state index contributed by atoms with van der Waals surface area (Å²) in [4.78, 5) is 13.4. The first-order valence-electron chi connectivity index (χ1n) is 38.1. The Morgan fingerprint density at radius 3 is 1.14 bits per heavy atom. The lowest BCUT2D eigenvalue weighted by Gasteiger charge is -2.48. The minimum atomic E-state index is -1.99. The molecule has 19 nitrogen and oxygen atoms in total. The van der Waals surface area contributed by atoms with Crippen LogP contribution in [0.1, 0.15) is 251 Å². The Morgan fingerprint density at radius 2 is 0.714 bits per heavy atom. The van der Waals surface area contributed by atoms with E-state index >= 15 is 0 Å². The Hall–Kier alpha value is -3.55. The van der Waals surface area contributed by atoms with Crippen LogP contribution >= 0.6 is 0 Å². The number of amides is 1. The monoisotopic (exact) mass is 1390 g/mol. The van der Waals surface area contributed by atoms with E-state index in [0.29, 0.717) is 12.8 Å². The molecule has 3 heterocycles. The number of unbranched alkanes of at least 4 members (excludes halogenated alkanes) is 26. The molecule has 0 aromatic heterocycles. The molecular weight excluding hydrogens is 1250 g/mol. The molecule has 12 N–H and O–H groups in total. The predicted octanol–water partition coefficient (Wildman–Crippen LogP) is 11.8. The second-order valence-corrected chi connectivity index (χ2v) is 26.7. The standard InChI is InChI=1S/C79H135NO18/c1-3-5-7-9-11-13-15-17-19-21-23-25-27-29-31-33-35-37-39-41-43-45-47-49-51-53-55-57-67(85)80-62(63(84)56-54-52-50-48-46-44-42-40-38-36-34-32-30-28-26-24-22-20-18-16-14-12-10-8-6-4-2)61-93-77-73(91)70(88)75(65(59-82)95-77)98-79-74(92)71(89)76(66(60-83)96-79)97-78-72(90)69(87)68(86)64(58-81)94-78/h5,7,11,13,17,19,23,25,29,31,35,37-38,40,46,48,54,56,62-66,68-79,81-84,86-92H,3-4,6,8-10,12,14-16,18,20-22,24,26-28,30,32-34,36,39,41-45,47,49-53,55,57-61H2,1-2H3,(H,80,85)/b7-5-,13-11-,19-17-,25-23-,31-29-,37-35-,40-38+,48-46+,56-54+. The van der Waals surface area contributed by atoms with Crippen LogP contribution in [0.4, 0.5) is 0 Å². The van der Waals surface area contributed by atoms with E-state index in [1.807, 2.05) is 6.08 Å². The van der Waals surface area contributed by atoms with Gasteiger partial charge in [0.2, 0.25) is 5.91 Å². The average Bonchev–Trinajstić information content (AvgIpc) is 0.785. The van der Waals surface area contributed by atoms with Crippen LogP contribution in [0.25, 0.3) is 0 Å². The summed E-state index contributed by atoms with van der Waals surface area (Å²) < 4.78 is 34.4. The molecule has 3 aliphatic rings. The maximum absolute atomic E-state index is 13.4. The van der Waals surface area contributed by atoms with Gasteiger partial charge in [-0.25, -0.2) is 0 Å². The number of carbonyl (C=O) groups is 1. The fraction of sp³-hybridized carbons (Fsp3) is 0.759. The summed E-state index contributed by atoms with van der Waals surface area (Å²) in [6.45, 7) is 1.59. The smallest absolute Gasteiger partial charge is 0.220 e. The first-order chi connectivity index (χ1) is 47.8. The van der Waals surface area contributed by atoms with Gasteiger partial charge >= 0.3 is 0 Å². The highest BCUT2D eigenvalue weighted by Gasteiger charge is 2.53. The number of ether oxygens (including phenoxy) is 6. The molecule has 17 unspecified atom stereocenters. The summed E-state index contributed by atoms with van der Waals surface area (Å²) in [6, 6.07) is -1.01. The molecule has 0 aromatic carbocycles. The summed E-state index contributed by atoms with van der Waals surface area (Å²) in [5.41, 5.74) is 0. The van der Waals surface area contributed by atoms with E-state index in [-0.39, 0.29) is 18.9 Å². The van der Waals surface area contributed by atoms with Gasteiger partial charge < -0.3 is 89.9 Å². The summed E-state index contributed by atoms with van der Waals surface area (Å²) in [6.07, 6.45) is 53.5. The number of aliphatic hydroxyl groups is 11. The number of allylic oxidation sites excluding steroid dienone is 17. The molecule has 0 spiro atoms. The Kier molecular flexibility index (Phi) is 53.3. The lowest BCUT2D eigenvalue weighted by Crippen LogP contribution is -2.66. The molecule has 3 rings (SSSR count). The molecule has 3 fully saturated rings. The third-order valence-corrected chi connectivity index (χ3v) is 18.3. The van der Waals surface area contributed by atoms with Gasteiger partial charge in [0, 0.05) is 6.42 Å². The second kappa shape index (κ2) is 58.9. The summed E-state index contributed by atoms with van der Waals surface area (Å²) >= 11 is 0. The van der Waals surface area contributed by atoms with Crippen LogP contribution in [0.3, 0.4) is 0 Å². The van der Waals surface area contributed by atoms with E-state index in [1.165, 1.54) is 109 Å². The highest BCUT2D eigenvalue weighted by atomic mass is 16.8. The Bertz CT molecular complexity index is 2200. The third-order valence-electron chi connectivity index (χ3n) is 18.3. The average molecular weight is 1390 g/mol. The number of carbonyl (C=O) groups excluding carboxylic acids is 1. The van der Waals surface area contributed by atoms with Gasteiger partial charge in [0.25, 0.3) is 0 Å². The zero-order valence-corrected chi connectivity index (χ0v) is 60.0. The van der Waals surface area contributed by atoms with Crippen LogP contribution in [0.2, 0.25) is 0 Å². The molecule has 19 heteroatoms. The molecule has 0 saturated carbocycles. The number of hydrogen-bond acceptors (Lipinski definition) is 18. The highest BCUT2D eigenvalue weighted by Crippen LogP contribution is 2.33. The maximum atomic E-state index is 13.4. The Labute approximate surface area is 589 Å². The van der Waals surface area contributed by atoms with Crippen molar-refractivity contribution in [2.75, 3.05) is 26.4 Å². The quantitative estimate of drug-likeness (QED) is 0.0199. The third kappa shape index (κ3) is 39.2. The lowest BCUT2D eigenvalue weighted by molar-refractivity contribution is -0.379. The number of rotatable bonds is 58. The molecule has 3 aliphatic heterocycles. The highest BCUT2D eigenvalue weighted by molar-refractivity contribution is 5.76. The van der Waals surface area contributed by atoms with Crippen molar-refractivity contribution in [2.24, 2.45) is 0 Å². The largest absolute Gasteiger partial charge is 0.394 e. The van der Waals surface area contributed by atoms with Gasteiger partial charge in [-0.05, 0) is 96.3 Å². The van der Waals surface area contributed by atoms with Gasteiger partial charge in [0.05, 0.1) is 38.6 Å². The van der Waals surface area contributed by atoms with Crippen molar-refractivity contribution in [3.05, 3.63) is 109 Å². The van der Waals surface area contributed by atoms with Crippen molar-refractivity contribution >= 4 is 5.91 Å². The molecule has 564 valence electrons. The molecular formula is C79H135NO18. The normalized spacial score (nSPS) is 27.4. The Morgan fingerprint density at radius 1 is 0.378 bits per heavy atom. The Balaban J connectivity index is 1.43. The van der Waals surface area contributed by atoms with Gasteiger partial charge in [-0.3, -0.25) is 4.79 Å². The molecule has 17 atom stereocenters. The topological polar surface area (TPSA) is 307 Å². The van der Waals surface area contributed by atoms with Crippen molar-refractivity contribution in [2.45, 2.75) is 356 Å². The predicted molar refractivity (Wildman–Crippen MR) is 387 cm³/mol. The van der Waals surface area contributed by atoms with Gasteiger partial charge in [-0.1, -0.05) is 258 Å². The molecule has 0 aliphatic carbocycles. The fourth-order valence-electron chi connectivity index (χ4n) is 12.2. The molecule has 1 amide bonds. The second-order valence-electron chi connectivity index (χ2n) is 26.7. The zero-order valence-electron chi connectivity index (χ0n) is 60.0. The van der Waals surface area contributed by atoms with Crippen LogP contribution in [-0.4, -0.2) is 193 Å². The van der Waals surface area contributed by atoms with Crippen LogP contribution < -0.4 is 5.32 Å². The van der Waals surface area contributed by atoms with Gasteiger partial charge in [0.15, 0.2) is 18.9 Å². The molecule has 0 radical (unpaired) electrons. The van der Waals surface area contributed by atoms with Crippen molar-refractivity contribution in [3.63, 3.8) is 0 Å². The van der Waals surface area contributed by atoms with Crippen LogP contribution in [0.15, 0.2) is 109 Å². The van der Waals surface area contributed by atoms with E-state index in [4.69, 9.17) is 28.4 Å². The van der Waals surface area contributed by atoms with Gasteiger partial charge in [-0.2, -0.15) is 0 Å². The minimum Gasteiger partial charge on any atom is -0.394 e. The maximum Gasteiger partial charge on any atom is 0.220 e. The van der Waals surface area contributed by atoms with E-state index < -0.39 is 124 Å². The van der Waals surface area contributed by atoms with E-state index in [2.05, 4.69) is 116 Å². The van der Waals surface area contributed by atoms with Crippen molar-refractivity contribution < 1.29 is 89.4 Å². The first kappa shape index (κ1) is 88.7. The fourth-order valence-corrected chi connectivity index (χ4v) is 12.2.